The van der Waals surface area contributed by atoms with E-state index in [9.17, 15) is 0 Å². The maximum absolute atomic E-state index is 5.22. The van der Waals surface area contributed by atoms with E-state index >= 15 is 0 Å². The van der Waals surface area contributed by atoms with E-state index in [1.54, 1.807) is 0 Å². The van der Waals surface area contributed by atoms with Crippen LogP contribution in [-0.4, -0.2) is 16.7 Å². The average molecular weight is 677 g/mol. The molecule has 0 fully saturated rings. The molecule has 0 aliphatic carbocycles. The number of rotatable bonds is 2. The normalized spacial score (nSPS) is 13.8. The molecule has 0 bridgehead atoms. The Labute approximate surface area is 308 Å². The minimum absolute atomic E-state index is 0.000970. The van der Waals surface area contributed by atoms with Gasteiger partial charge in [-0.3, -0.25) is 9.97 Å². The van der Waals surface area contributed by atoms with Gasteiger partial charge in [-0.1, -0.05) is 124 Å². The lowest BCUT2D eigenvalue weighted by molar-refractivity contribution is 0.569. The Kier molecular flexibility index (Phi) is 7.05. The number of aromatic nitrogens is 2. The molecule has 4 heterocycles. The second-order valence-corrected chi connectivity index (χ2v) is 17.0. The number of fused-ring (bicyclic) bond motifs is 7. The fraction of sp³-hybridized carbons (Fsp3) is 0.234. The van der Waals surface area contributed by atoms with Gasteiger partial charge in [0.15, 0.2) is 0 Å². The zero-order valence-electron chi connectivity index (χ0n) is 31.8. The van der Waals surface area contributed by atoms with Gasteiger partial charge in [-0.2, -0.15) is 0 Å². The minimum atomic E-state index is -0.111. The van der Waals surface area contributed by atoms with Crippen LogP contribution >= 0.6 is 0 Å². The van der Waals surface area contributed by atoms with Crippen LogP contribution in [0.5, 0.6) is 0 Å². The van der Waals surface area contributed by atoms with Crippen molar-refractivity contribution in [1.29, 1.82) is 0 Å². The molecule has 0 spiro atoms. The van der Waals surface area contributed by atoms with E-state index in [0.29, 0.717) is 0 Å². The van der Waals surface area contributed by atoms with Crippen molar-refractivity contribution >= 4 is 78.8 Å². The largest absolute Gasteiger partial charge is 0.306 e. The zero-order chi connectivity index (χ0) is 36.3. The standard InChI is InChI=1S/C47H45BN4/c1-28-20-29(2)43(30(3)21-28)48-36-25-42(47(7,8)9)50-27-40(36)52-38-23-32-15-11-10-14-31(32)22-37(38)51(34-18-19-41(49-26-34)46(4,5)6)39-24-33-16-12-13-17-35(33)44(48)45(39)52/h10-27H,1-9H3. The molecule has 0 atom stereocenters. The second kappa shape index (κ2) is 11.3. The van der Waals surface area contributed by atoms with Crippen molar-refractivity contribution in [3.63, 3.8) is 0 Å². The summed E-state index contributed by atoms with van der Waals surface area (Å²) in [6.07, 6.45) is 4.22. The van der Waals surface area contributed by atoms with Crippen molar-refractivity contribution in [2.45, 2.75) is 73.1 Å². The lowest BCUT2D eigenvalue weighted by Gasteiger charge is -2.46. The van der Waals surface area contributed by atoms with Crippen LogP contribution in [0.2, 0.25) is 0 Å². The van der Waals surface area contributed by atoms with Crippen LogP contribution in [0.25, 0.3) is 21.5 Å². The van der Waals surface area contributed by atoms with Gasteiger partial charge in [0.05, 0.1) is 46.5 Å². The first-order valence-electron chi connectivity index (χ1n) is 18.5. The quantitative estimate of drug-likeness (QED) is 0.171. The number of hydrogen-bond acceptors (Lipinski definition) is 4. The van der Waals surface area contributed by atoms with Gasteiger partial charge in [0.1, 0.15) is 0 Å². The molecule has 2 aliphatic heterocycles. The summed E-state index contributed by atoms with van der Waals surface area (Å²) in [5.74, 6) is 0. The molecule has 2 aromatic heterocycles. The van der Waals surface area contributed by atoms with Crippen molar-refractivity contribution in [2.75, 3.05) is 9.80 Å². The second-order valence-electron chi connectivity index (χ2n) is 17.0. The third kappa shape index (κ3) is 4.89. The highest BCUT2D eigenvalue weighted by atomic mass is 15.3. The van der Waals surface area contributed by atoms with Gasteiger partial charge in [-0.05, 0) is 89.6 Å². The van der Waals surface area contributed by atoms with E-state index in [1.807, 2.05) is 0 Å². The van der Waals surface area contributed by atoms with Gasteiger partial charge in [0, 0.05) is 22.2 Å². The van der Waals surface area contributed by atoms with Crippen molar-refractivity contribution in [3.8, 4) is 0 Å². The highest BCUT2D eigenvalue weighted by Crippen LogP contribution is 2.56. The molecule has 52 heavy (non-hydrogen) atoms. The topological polar surface area (TPSA) is 32.3 Å². The summed E-state index contributed by atoms with van der Waals surface area (Å²) in [6, 6.07) is 36.4. The van der Waals surface area contributed by atoms with Crippen LogP contribution < -0.4 is 26.2 Å². The lowest BCUT2D eigenvalue weighted by atomic mass is 9.33. The van der Waals surface area contributed by atoms with Crippen molar-refractivity contribution in [1.82, 2.24) is 9.97 Å². The SMILES string of the molecule is Cc1cc(C)c(B2c3cc(C(C)(C)C)ncc3N3c4cc5ccccc5cc4N(c4ccc(C(C)(C)C)nc4)c4cc5ccccc5c2c43)c(C)c1. The molecular formula is C47H45BN4. The van der Waals surface area contributed by atoms with E-state index in [4.69, 9.17) is 9.97 Å². The molecule has 0 saturated heterocycles. The maximum atomic E-state index is 5.22. The predicted octanol–water partition coefficient (Wildman–Crippen LogP) is 10.4. The Balaban J connectivity index is 1.46. The van der Waals surface area contributed by atoms with Crippen molar-refractivity contribution in [2.24, 2.45) is 0 Å². The summed E-state index contributed by atoms with van der Waals surface area (Å²) in [5.41, 5.74) is 16.8. The Morgan fingerprint density at radius 1 is 0.519 bits per heavy atom. The molecule has 5 aromatic carbocycles. The van der Waals surface area contributed by atoms with E-state index in [0.717, 1.165) is 39.8 Å². The monoisotopic (exact) mass is 676 g/mol. The number of benzene rings is 5. The summed E-state index contributed by atoms with van der Waals surface area (Å²) in [6.45, 7) is 20.3. The summed E-state index contributed by atoms with van der Waals surface area (Å²) in [4.78, 5) is 15.3. The van der Waals surface area contributed by atoms with Crippen molar-refractivity contribution < 1.29 is 0 Å². The summed E-state index contributed by atoms with van der Waals surface area (Å²) in [5, 5.41) is 4.92. The number of aryl methyl sites for hydroxylation is 3. The van der Waals surface area contributed by atoms with Gasteiger partial charge in [0.25, 0.3) is 0 Å². The number of nitrogens with zero attached hydrogens (tertiary/aromatic N) is 4. The molecule has 5 heteroatoms. The van der Waals surface area contributed by atoms with E-state index in [-0.39, 0.29) is 17.5 Å². The summed E-state index contributed by atoms with van der Waals surface area (Å²) in [7, 11) is 0. The van der Waals surface area contributed by atoms with Gasteiger partial charge in [0.2, 0.25) is 6.71 Å². The highest BCUT2D eigenvalue weighted by molar-refractivity contribution is 7.00. The summed E-state index contributed by atoms with van der Waals surface area (Å²) < 4.78 is 0. The smallest absolute Gasteiger partial charge is 0.248 e. The van der Waals surface area contributed by atoms with Gasteiger partial charge in [-0.15, -0.1) is 0 Å². The van der Waals surface area contributed by atoms with Gasteiger partial charge >= 0.3 is 0 Å². The fourth-order valence-corrected chi connectivity index (χ4v) is 8.76. The fourth-order valence-electron chi connectivity index (χ4n) is 8.76. The van der Waals surface area contributed by atoms with Crippen LogP contribution in [0.15, 0.2) is 109 Å². The number of anilines is 6. The average Bonchev–Trinajstić information content (AvgIpc) is 3.10. The molecule has 256 valence electrons. The van der Waals surface area contributed by atoms with Crippen LogP contribution in [0.1, 0.15) is 69.6 Å². The third-order valence-corrected chi connectivity index (χ3v) is 11.2. The molecule has 0 saturated carbocycles. The first kappa shape index (κ1) is 32.5. The minimum Gasteiger partial charge on any atom is -0.306 e. The van der Waals surface area contributed by atoms with Gasteiger partial charge in [-0.25, -0.2) is 0 Å². The Hall–Kier alpha value is -5.42. The first-order valence-corrected chi connectivity index (χ1v) is 18.5. The summed E-state index contributed by atoms with van der Waals surface area (Å²) >= 11 is 0. The molecule has 0 radical (unpaired) electrons. The molecule has 7 aromatic rings. The number of pyridine rings is 2. The molecule has 0 N–H and O–H groups in total. The predicted molar refractivity (Wildman–Crippen MR) is 223 cm³/mol. The van der Waals surface area contributed by atoms with Crippen LogP contribution in [0, 0.1) is 20.8 Å². The van der Waals surface area contributed by atoms with E-state index < -0.39 is 0 Å². The van der Waals surface area contributed by atoms with Crippen LogP contribution in [-0.2, 0) is 10.8 Å². The molecule has 9 rings (SSSR count). The maximum Gasteiger partial charge on any atom is 0.248 e. The van der Waals surface area contributed by atoms with E-state index in [1.165, 1.54) is 60.3 Å². The van der Waals surface area contributed by atoms with Crippen LogP contribution in [0.4, 0.5) is 34.1 Å². The Morgan fingerprint density at radius 3 is 1.71 bits per heavy atom. The Morgan fingerprint density at radius 2 is 1.10 bits per heavy atom. The van der Waals surface area contributed by atoms with Crippen molar-refractivity contribution in [3.05, 3.63) is 138 Å². The highest BCUT2D eigenvalue weighted by Gasteiger charge is 2.44. The number of hydrogen-bond donors (Lipinski definition) is 0. The zero-order valence-corrected chi connectivity index (χ0v) is 31.8. The molecule has 4 nitrogen and oxygen atoms in total. The Bertz CT molecular complexity index is 2570. The lowest BCUT2D eigenvalue weighted by Crippen LogP contribution is -2.60. The molecule has 0 unspecified atom stereocenters. The van der Waals surface area contributed by atoms with E-state index in [2.05, 4.69) is 182 Å². The first-order chi connectivity index (χ1) is 24.8. The third-order valence-electron chi connectivity index (χ3n) is 11.2. The van der Waals surface area contributed by atoms with Gasteiger partial charge < -0.3 is 9.80 Å². The molecule has 0 amide bonds. The van der Waals surface area contributed by atoms with Crippen LogP contribution in [0.3, 0.4) is 0 Å². The molecule has 2 aliphatic rings. The molecular weight excluding hydrogens is 631 g/mol.